The molecule has 4 rings (SSSR count). The van der Waals surface area contributed by atoms with Crippen LogP contribution >= 0.6 is 34.9 Å². The van der Waals surface area contributed by atoms with Gasteiger partial charge in [0, 0.05) is 32.9 Å². The summed E-state index contributed by atoms with van der Waals surface area (Å²) in [5.74, 6) is 0. The van der Waals surface area contributed by atoms with Crippen molar-refractivity contribution in [3.63, 3.8) is 0 Å². The van der Waals surface area contributed by atoms with Gasteiger partial charge in [-0.3, -0.25) is 4.57 Å². The van der Waals surface area contributed by atoms with Crippen molar-refractivity contribution in [3.8, 4) is 11.3 Å². The van der Waals surface area contributed by atoms with Gasteiger partial charge in [-0.2, -0.15) is 8.78 Å². The molecule has 0 bridgehead atoms. The van der Waals surface area contributed by atoms with Gasteiger partial charge in [-0.05, 0) is 35.9 Å². The number of rotatable bonds is 8. The number of hydrogen-bond acceptors (Lipinski definition) is 6. The number of anilines is 2. The third kappa shape index (κ3) is 6.00. The lowest BCUT2D eigenvalue weighted by Gasteiger charge is -2.23. The summed E-state index contributed by atoms with van der Waals surface area (Å²) in [6.07, 6.45) is 1.14. The molecule has 7 nitrogen and oxygen atoms in total. The van der Waals surface area contributed by atoms with E-state index in [-0.39, 0.29) is 15.9 Å². The van der Waals surface area contributed by atoms with Gasteiger partial charge in [0.15, 0.2) is 15.0 Å². The molecule has 37 heavy (non-hydrogen) atoms. The fraction of sp³-hybridized carbons (Fsp3) is 0.125. The summed E-state index contributed by atoms with van der Waals surface area (Å²) in [6, 6.07) is 19.5. The molecule has 0 aliphatic heterocycles. The molecule has 0 aliphatic carbocycles. The van der Waals surface area contributed by atoms with Crippen molar-refractivity contribution in [2.45, 2.75) is 17.1 Å². The van der Waals surface area contributed by atoms with Crippen molar-refractivity contribution in [2.75, 3.05) is 11.2 Å². The summed E-state index contributed by atoms with van der Waals surface area (Å²) in [5, 5.41) is 2.44. The zero-order valence-electron chi connectivity index (χ0n) is 19.1. The number of hydrogen-bond donors (Lipinski definition) is 2. The number of nitrogens with zero attached hydrogens (tertiary/aromatic N) is 2. The zero-order chi connectivity index (χ0) is 27.0. The van der Waals surface area contributed by atoms with Crippen LogP contribution in [-0.4, -0.2) is 29.4 Å². The van der Waals surface area contributed by atoms with Crippen LogP contribution in [0.3, 0.4) is 0 Å². The average molecular weight is 629 g/mol. The van der Waals surface area contributed by atoms with E-state index in [1.807, 2.05) is 40.6 Å². The quantitative estimate of drug-likeness (QED) is 0.213. The molecule has 0 atom stereocenters. The highest BCUT2D eigenvalue weighted by Crippen LogP contribution is 2.60. The van der Waals surface area contributed by atoms with Gasteiger partial charge in [-0.15, -0.1) is 11.3 Å². The topological polar surface area (TPSA) is 108 Å². The zero-order valence-corrected chi connectivity index (χ0v) is 23.2. The highest BCUT2D eigenvalue weighted by atomic mass is 79.9. The molecule has 1 aromatic heterocycles. The van der Waals surface area contributed by atoms with Crippen LogP contribution < -0.4 is 4.90 Å². The Kier molecular flexibility index (Phi) is 7.72. The highest BCUT2D eigenvalue weighted by molar-refractivity contribution is 9.10. The third-order valence-corrected chi connectivity index (χ3v) is 9.05. The van der Waals surface area contributed by atoms with Crippen molar-refractivity contribution >= 4 is 55.5 Å². The van der Waals surface area contributed by atoms with Crippen LogP contribution in [0.1, 0.15) is 11.1 Å². The highest BCUT2D eigenvalue weighted by Gasteiger charge is 2.51. The van der Waals surface area contributed by atoms with E-state index in [0.29, 0.717) is 16.4 Å². The molecule has 0 fully saturated rings. The lowest BCUT2D eigenvalue weighted by Crippen LogP contribution is -2.18. The minimum atomic E-state index is -5.71. The molecule has 0 amide bonds. The number of alkyl halides is 2. The Hall–Kier alpha value is -2.47. The summed E-state index contributed by atoms with van der Waals surface area (Å²) in [6.45, 7) is 0.227. The van der Waals surface area contributed by atoms with E-state index >= 15 is 0 Å². The number of halogens is 3. The van der Waals surface area contributed by atoms with Gasteiger partial charge >= 0.3 is 13.3 Å². The maximum atomic E-state index is 14.3. The molecule has 4 aromatic rings. The first kappa shape index (κ1) is 27.6. The first-order valence-corrected chi connectivity index (χ1v) is 15.8. The third-order valence-electron chi connectivity index (χ3n) is 5.43. The maximum Gasteiger partial charge on any atom is 0.399 e. The normalized spacial score (nSPS) is 12.5. The molecule has 194 valence electrons. The minimum absolute atomic E-state index is 0.128. The van der Waals surface area contributed by atoms with Gasteiger partial charge in [0.05, 0.1) is 17.1 Å². The molecular formula is C24H20BrF2N2O5PS2. The average Bonchev–Trinajstić information content (AvgIpc) is 3.32. The van der Waals surface area contributed by atoms with Crippen LogP contribution in [0.2, 0.25) is 0 Å². The number of thiazole rings is 1. The lowest BCUT2D eigenvalue weighted by atomic mass is 10.1. The van der Waals surface area contributed by atoms with Crippen LogP contribution in [-0.2, 0) is 26.6 Å². The fourth-order valence-corrected chi connectivity index (χ4v) is 6.33. The van der Waals surface area contributed by atoms with Crippen molar-refractivity contribution in [3.05, 3.63) is 93.8 Å². The van der Waals surface area contributed by atoms with Crippen molar-refractivity contribution in [1.29, 1.82) is 0 Å². The number of sulfone groups is 1. The largest absolute Gasteiger partial charge is 0.399 e. The summed E-state index contributed by atoms with van der Waals surface area (Å²) in [5.41, 5.74) is -2.38. The Balaban J connectivity index is 1.68. The van der Waals surface area contributed by atoms with Crippen molar-refractivity contribution in [2.24, 2.45) is 0 Å². The van der Waals surface area contributed by atoms with E-state index in [4.69, 9.17) is 14.8 Å². The van der Waals surface area contributed by atoms with Crippen LogP contribution in [0.25, 0.3) is 11.3 Å². The molecule has 0 radical (unpaired) electrons. The second-order valence-electron chi connectivity index (χ2n) is 8.13. The molecule has 0 saturated carbocycles. The van der Waals surface area contributed by atoms with Crippen LogP contribution in [0.15, 0.2) is 87.5 Å². The van der Waals surface area contributed by atoms with Gasteiger partial charge in [0.2, 0.25) is 0 Å². The van der Waals surface area contributed by atoms with Gasteiger partial charge in [-0.25, -0.2) is 13.4 Å². The summed E-state index contributed by atoms with van der Waals surface area (Å²) in [7, 11) is -9.04. The van der Waals surface area contributed by atoms with Crippen molar-refractivity contribution < 1.29 is 31.6 Å². The number of para-hydroxylation sites is 1. The molecule has 3 aromatic carbocycles. The van der Waals surface area contributed by atoms with Gasteiger partial charge < -0.3 is 14.7 Å². The second-order valence-corrected chi connectivity index (χ2v) is 13.5. The van der Waals surface area contributed by atoms with Gasteiger partial charge in [0.1, 0.15) is 0 Å². The summed E-state index contributed by atoms with van der Waals surface area (Å²) < 4.78 is 63.2. The van der Waals surface area contributed by atoms with E-state index in [9.17, 15) is 21.8 Å². The van der Waals surface area contributed by atoms with Gasteiger partial charge in [0.25, 0.3) is 0 Å². The Morgan fingerprint density at radius 2 is 1.70 bits per heavy atom. The Labute approximate surface area is 224 Å². The first-order chi connectivity index (χ1) is 17.3. The first-order valence-electron chi connectivity index (χ1n) is 10.6. The summed E-state index contributed by atoms with van der Waals surface area (Å²) in [4.78, 5) is 25.0. The summed E-state index contributed by atoms with van der Waals surface area (Å²) >= 11 is 4.39. The second kappa shape index (κ2) is 10.4. The van der Waals surface area contributed by atoms with E-state index in [1.165, 1.54) is 35.6 Å². The van der Waals surface area contributed by atoms with E-state index in [2.05, 4.69) is 15.9 Å². The van der Waals surface area contributed by atoms with Crippen LogP contribution in [0.4, 0.5) is 19.6 Å². The number of aromatic nitrogens is 1. The Bertz CT molecular complexity index is 1580. The van der Waals surface area contributed by atoms with E-state index < -0.39 is 28.7 Å². The fourth-order valence-electron chi connectivity index (χ4n) is 3.51. The minimum Gasteiger partial charge on any atom is -0.320 e. The molecule has 2 N–H and O–H groups in total. The standard InChI is InChI=1S/C24H20BrF2N2O5PS2/c1-37(33,34)19-10-8-17(9-11-19)22-15-36-23(28-22)29(18-5-3-2-4-6-18)14-16-7-12-20(21(25)13-16)24(26,27)35(30,31)32/h2-13,15H,14H2,1H3,(H2,30,31,32). The molecular weight excluding hydrogens is 609 g/mol. The smallest absolute Gasteiger partial charge is 0.320 e. The Morgan fingerprint density at radius 3 is 2.27 bits per heavy atom. The lowest BCUT2D eigenvalue weighted by molar-refractivity contribution is 0.0557. The molecule has 0 aliphatic rings. The van der Waals surface area contributed by atoms with Gasteiger partial charge in [-0.1, -0.05) is 58.4 Å². The molecule has 1 heterocycles. The molecule has 0 spiro atoms. The molecule has 13 heteroatoms. The van der Waals surface area contributed by atoms with E-state index in [0.717, 1.165) is 23.6 Å². The molecule has 0 saturated heterocycles. The maximum absolute atomic E-state index is 14.3. The van der Waals surface area contributed by atoms with Crippen LogP contribution in [0, 0.1) is 0 Å². The predicted molar refractivity (Wildman–Crippen MR) is 143 cm³/mol. The number of benzene rings is 3. The van der Waals surface area contributed by atoms with Crippen LogP contribution in [0.5, 0.6) is 0 Å². The SMILES string of the molecule is CS(=O)(=O)c1ccc(-c2csc(N(Cc3ccc(C(F)(F)P(=O)(O)O)c(Br)c3)c3ccccc3)n2)cc1. The Morgan fingerprint density at radius 1 is 1.05 bits per heavy atom. The monoisotopic (exact) mass is 628 g/mol. The molecule has 0 unspecified atom stereocenters. The van der Waals surface area contributed by atoms with Crippen molar-refractivity contribution in [1.82, 2.24) is 4.98 Å². The predicted octanol–water partition coefficient (Wildman–Crippen LogP) is 6.54. The van der Waals surface area contributed by atoms with E-state index in [1.54, 1.807) is 12.1 Å².